The van der Waals surface area contributed by atoms with Crippen molar-refractivity contribution in [3.8, 4) is 28.5 Å². The Bertz CT molecular complexity index is 1150. The molecule has 0 unspecified atom stereocenters. The Morgan fingerprint density at radius 3 is 2.70 bits per heavy atom. The molecule has 0 saturated carbocycles. The van der Waals surface area contributed by atoms with Crippen LogP contribution in [0.25, 0.3) is 11.3 Å². The average Bonchev–Trinajstić information content (AvgIpc) is 2.80. The Balaban J connectivity index is 0.00000385. The molecule has 33 heavy (non-hydrogen) atoms. The summed E-state index contributed by atoms with van der Waals surface area (Å²) in [5.74, 6) is 0.218. The zero-order valence-electron chi connectivity index (χ0n) is 18.8. The van der Waals surface area contributed by atoms with Crippen molar-refractivity contribution in [2.45, 2.75) is 20.3 Å². The Kier molecular flexibility index (Phi) is 9.84. The SMILES string of the molecule is COc1cccc(-c2nc(Cc3c(C)cc(OC[C-]=NO[C-]=O)c(F)c3C)ccc2O)c1.[Na+]. The van der Waals surface area contributed by atoms with Crippen LogP contribution in [0.2, 0.25) is 0 Å². The average molecular weight is 459 g/mol. The fraction of sp³-hybridized carbons (Fsp3) is 0.208. The summed E-state index contributed by atoms with van der Waals surface area (Å²) in [6, 6.07) is 12.1. The van der Waals surface area contributed by atoms with E-state index in [9.17, 15) is 14.3 Å². The third kappa shape index (κ3) is 6.54. The number of halogens is 1. The molecule has 3 aromatic rings. The second-order valence-electron chi connectivity index (χ2n) is 6.90. The Morgan fingerprint density at radius 2 is 1.97 bits per heavy atom. The first kappa shape index (κ1) is 26.3. The Hall–Kier alpha value is -2.94. The number of nitrogens with zero attached hydrogens (tertiary/aromatic N) is 2. The first-order valence-corrected chi connectivity index (χ1v) is 9.65. The van der Waals surface area contributed by atoms with Gasteiger partial charge in [-0.15, -0.1) is 0 Å². The quantitative estimate of drug-likeness (QED) is 0.170. The number of hydrogen-bond acceptors (Lipinski definition) is 7. The van der Waals surface area contributed by atoms with Crippen molar-refractivity contribution in [2.24, 2.45) is 5.16 Å². The van der Waals surface area contributed by atoms with E-state index in [0.717, 1.165) is 17.6 Å². The summed E-state index contributed by atoms with van der Waals surface area (Å²) in [6.07, 6.45) is 2.66. The monoisotopic (exact) mass is 459 g/mol. The number of benzene rings is 2. The van der Waals surface area contributed by atoms with E-state index in [1.54, 1.807) is 44.4 Å². The van der Waals surface area contributed by atoms with Crippen molar-refractivity contribution < 1.29 is 58.2 Å². The molecule has 1 N–H and O–H groups in total. The number of aromatic hydroxyl groups is 1. The predicted octanol–water partition coefficient (Wildman–Crippen LogP) is 1.14. The van der Waals surface area contributed by atoms with Gasteiger partial charge in [0.15, 0.2) is 11.6 Å². The summed E-state index contributed by atoms with van der Waals surface area (Å²) < 4.78 is 25.4. The van der Waals surface area contributed by atoms with E-state index < -0.39 is 5.82 Å². The summed E-state index contributed by atoms with van der Waals surface area (Å²) >= 11 is 0. The van der Waals surface area contributed by atoms with Gasteiger partial charge in [0, 0.05) is 17.7 Å². The summed E-state index contributed by atoms with van der Waals surface area (Å²) in [4.78, 5) is 18.5. The van der Waals surface area contributed by atoms with Gasteiger partial charge in [-0.25, -0.2) is 9.37 Å². The molecule has 0 amide bonds. The van der Waals surface area contributed by atoms with Gasteiger partial charge in [0.2, 0.25) is 0 Å². The van der Waals surface area contributed by atoms with Crippen molar-refractivity contribution in [1.82, 2.24) is 4.98 Å². The van der Waals surface area contributed by atoms with E-state index in [1.165, 1.54) is 0 Å². The molecule has 0 fully saturated rings. The molecule has 2 aromatic carbocycles. The fourth-order valence-corrected chi connectivity index (χ4v) is 3.28. The van der Waals surface area contributed by atoms with Crippen molar-refractivity contribution in [1.29, 1.82) is 0 Å². The van der Waals surface area contributed by atoms with Crippen LogP contribution in [-0.4, -0.2) is 36.5 Å². The van der Waals surface area contributed by atoms with E-state index >= 15 is 0 Å². The normalized spacial score (nSPS) is 10.5. The molecule has 9 heteroatoms. The second-order valence-corrected chi connectivity index (χ2v) is 6.90. The standard InChI is InChI=1S/C24H21FN2O5.Na/c1-15-11-22(31-10-9-26-32-14-28)23(25)16(2)20(15)13-18-7-8-21(29)24(27-18)17-5-4-6-19(12-17)30-3;/h4-8,11-12,29H,10,13H2,1-3H3;/q-2;+1. The molecule has 0 saturated heterocycles. The minimum absolute atomic E-state index is 0. The van der Waals surface area contributed by atoms with Crippen LogP contribution in [0.5, 0.6) is 17.2 Å². The molecule has 0 bridgehead atoms. The van der Waals surface area contributed by atoms with E-state index in [1.807, 2.05) is 19.1 Å². The van der Waals surface area contributed by atoms with Crippen molar-refractivity contribution >= 4 is 12.7 Å². The number of aryl methyl sites for hydroxylation is 1. The van der Waals surface area contributed by atoms with Gasteiger partial charge in [-0.1, -0.05) is 12.1 Å². The minimum atomic E-state index is -0.512. The predicted molar refractivity (Wildman–Crippen MR) is 116 cm³/mol. The minimum Gasteiger partial charge on any atom is -0.557 e. The van der Waals surface area contributed by atoms with Crippen LogP contribution in [0.4, 0.5) is 4.39 Å². The van der Waals surface area contributed by atoms with Crippen molar-refractivity contribution in [2.75, 3.05) is 13.7 Å². The zero-order chi connectivity index (χ0) is 23.1. The molecule has 0 radical (unpaired) electrons. The second kappa shape index (κ2) is 12.3. The number of ether oxygens (including phenoxy) is 2. The van der Waals surface area contributed by atoms with Crippen LogP contribution in [0.15, 0.2) is 47.6 Å². The van der Waals surface area contributed by atoms with Crippen LogP contribution in [0, 0.1) is 19.7 Å². The van der Waals surface area contributed by atoms with E-state index in [0.29, 0.717) is 34.7 Å². The first-order chi connectivity index (χ1) is 15.4. The van der Waals surface area contributed by atoms with Gasteiger partial charge in [-0.2, -0.15) is 0 Å². The molecule has 0 aliphatic heterocycles. The number of pyridine rings is 1. The molecule has 0 aliphatic carbocycles. The molecule has 1 aromatic heterocycles. The van der Waals surface area contributed by atoms with Gasteiger partial charge >= 0.3 is 29.6 Å². The van der Waals surface area contributed by atoms with Gasteiger partial charge in [-0.3, -0.25) is 0 Å². The Labute approximate surface area is 213 Å². The molecule has 7 nitrogen and oxygen atoms in total. The van der Waals surface area contributed by atoms with Crippen LogP contribution < -0.4 is 39.0 Å². The van der Waals surface area contributed by atoms with Crippen LogP contribution in [0.3, 0.4) is 0 Å². The molecule has 3 rings (SSSR count). The molecular formula is C24H21FN2NaO5-. The summed E-state index contributed by atoms with van der Waals surface area (Å²) in [5, 5.41) is 13.5. The smallest absolute Gasteiger partial charge is 0.557 e. The topological polar surface area (TPSA) is 90.2 Å². The first-order valence-electron chi connectivity index (χ1n) is 9.65. The number of rotatable bonds is 9. The third-order valence-electron chi connectivity index (χ3n) is 4.89. The number of aromatic nitrogens is 1. The molecular weight excluding hydrogens is 438 g/mol. The van der Waals surface area contributed by atoms with Gasteiger partial charge < -0.3 is 35.6 Å². The van der Waals surface area contributed by atoms with Crippen LogP contribution in [-0.2, 0) is 16.1 Å². The number of methoxy groups -OCH3 is 1. The maximum Gasteiger partial charge on any atom is 1.00 e. The number of carbonyl (C=O) groups excluding carboxylic acids is 1. The maximum absolute atomic E-state index is 14.9. The third-order valence-corrected chi connectivity index (χ3v) is 4.89. The summed E-state index contributed by atoms with van der Waals surface area (Å²) in [7, 11) is 1.57. The van der Waals surface area contributed by atoms with Crippen molar-refractivity contribution in [3.63, 3.8) is 0 Å². The van der Waals surface area contributed by atoms with Crippen LogP contribution >= 0.6 is 0 Å². The zero-order valence-corrected chi connectivity index (χ0v) is 20.8. The molecule has 166 valence electrons. The van der Waals surface area contributed by atoms with E-state index in [2.05, 4.69) is 21.2 Å². The Morgan fingerprint density at radius 1 is 1.18 bits per heavy atom. The summed E-state index contributed by atoms with van der Waals surface area (Å²) in [5.41, 5.74) is 3.80. The van der Waals surface area contributed by atoms with E-state index in [-0.39, 0.29) is 47.7 Å². The maximum atomic E-state index is 14.9. The van der Waals surface area contributed by atoms with Crippen LogP contribution in [0.1, 0.15) is 22.4 Å². The molecule has 0 spiro atoms. The van der Waals surface area contributed by atoms with Gasteiger partial charge in [0.05, 0.1) is 7.11 Å². The van der Waals surface area contributed by atoms with E-state index in [4.69, 9.17) is 9.47 Å². The number of hydrogen-bond donors (Lipinski definition) is 1. The van der Waals surface area contributed by atoms with Gasteiger partial charge in [-0.05, 0) is 73.9 Å². The fourth-order valence-electron chi connectivity index (χ4n) is 3.28. The molecule has 0 atom stereocenters. The van der Waals surface area contributed by atoms with Crippen molar-refractivity contribution in [3.05, 3.63) is 70.7 Å². The van der Waals surface area contributed by atoms with Gasteiger partial charge in [0.1, 0.15) is 17.2 Å². The molecule has 0 aliphatic rings. The van der Waals surface area contributed by atoms with Gasteiger partial charge in [0.25, 0.3) is 0 Å². The largest absolute Gasteiger partial charge is 1.00 e. The molecule has 1 heterocycles. The summed E-state index contributed by atoms with van der Waals surface area (Å²) in [6.45, 7) is 4.43.